The van der Waals surface area contributed by atoms with Gasteiger partial charge in [-0.05, 0) is 147 Å². The Morgan fingerprint density at radius 2 is 0.647 bits per heavy atom. The van der Waals surface area contributed by atoms with Gasteiger partial charge in [-0.3, -0.25) is 20.2 Å². The molecule has 0 saturated carbocycles. The summed E-state index contributed by atoms with van der Waals surface area (Å²) in [6, 6.07) is 94.0. The maximum Gasteiger partial charge on any atom is 0.270 e. The monoisotopic (exact) mass is 1880 g/mol. The number of hydrogen-bond donors (Lipinski definition) is 12. The highest BCUT2D eigenvalue weighted by Gasteiger charge is 2.26. The van der Waals surface area contributed by atoms with Crippen molar-refractivity contribution in [1.29, 1.82) is 0 Å². The van der Waals surface area contributed by atoms with E-state index in [4.69, 9.17) is 71.1 Å². The molecule has 0 aliphatic rings. The molecule has 0 aliphatic heterocycles. The number of ether oxygens (including phenoxy) is 1. The number of phenolic OH excluding ortho intramolecular Hbond substituents is 7. The molecule has 0 radical (unpaired) electrons. The number of nitrogens with zero attached hydrogens (tertiary/aromatic N) is 7. The normalized spacial score (nSPS) is 10.8. The number of aromatic amines is 5. The average molecular weight is 1880 g/mol. The smallest absolute Gasteiger partial charge is 0.270 e. The van der Waals surface area contributed by atoms with Crippen molar-refractivity contribution >= 4 is 63.4 Å². The number of halogens is 4. The third-order valence-corrected chi connectivity index (χ3v) is 23.6. The molecule has 0 spiro atoms. The first-order valence-corrected chi connectivity index (χ1v) is 43.6. The van der Waals surface area contributed by atoms with Crippen LogP contribution in [0.4, 0.5) is 11.4 Å². The highest BCUT2D eigenvalue weighted by Crippen LogP contribution is 2.46. The van der Waals surface area contributed by atoms with Crippen LogP contribution in [0.3, 0.4) is 0 Å². The first-order chi connectivity index (χ1) is 65.6. The molecule has 5 aromatic heterocycles. The molecule has 12 N–H and O–H groups in total. The number of methoxy groups -OCH3 is 1. The molecule has 0 amide bonds. The van der Waals surface area contributed by atoms with Gasteiger partial charge in [-0.25, -0.2) is 24.9 Å². The lowest BCUT2D eigenvalue weighted by Crippen LogP contribution is -1.93. The predicted molar refractivity (Wildman–Crippen MR) is 539 cm³/mol. The largest absolute Gasteiger partial charge is 0.508 e. The van der Waals surface area contributed by atoms with E-state index in [1.165, 1.54) is 60.7 Å². The molecule has 0 aliphatic carbocycles. The fraction of sp³-hybridized carbons (Fsp3) is 0.0463. The van der Waals surface area contributed by atoms with Gasteiger partial charge in [0.25, 0.3) is 11.4 Å². The molecule has 28 heteroatoms. The van der Waals surface area contributed by atoms with Crippen LogP contribution in [-0.2, 0) is 0 Å². The van der Waals surface area contributed by atoms with Crippen molar-refractivity contribution in [3.63, 3.8) is 0 Å². The molecule has 0 saturated heterocycles. The summed E-state index contributed by atoms with van der Waals surface area (Å²) >= 11 is 25.3. The van der Waals surface area contributed by atoms with E-state index in [0.717, 1.165) is 101 Å². The number of nitro benzene ring substituents is 2. The van der Waals surface area contributed by atoms with Crippen LogP contribution in [0.1, 0.15) is 27.9 Å². The molecule has 676 valence electrons. The van der Waals surface area contributed by atoms with Gasteiger partial charge in [-0.15, -0.1) is 0 Å². The van der Waals surface area contributed by atoms with Crippen LogP contribution in [0.5, 0.6) is 46.0 Å². The molecule has 5 heterocycles. The van der Waals surface area contributed by atoms with Crippen molar-refractivity contribution in [3.05, 3.63) is 403 Å². The number of H-pyrrole nitrogens is 5. The molecule has 0 unspecified atom stereocenters. The number of imidazole rings is 5. The van der Waals surface area contributed by atoms with Gasteiger partial charge in [0.05, 0.1) is 94.0 Å². The molecule has 0 fully saturated rings. The van der Waals surface area contributed by atoms with Crippen LogP contribution in [0, 0.1) is 47.9 Å². The van der Waals surface area contributed by atoms with Gasteiger partial charge in [-0.1, -0.05) is 265 Å². The van der Waals surface area contributed by atoms with E-state index in [0.29, 0.717) is 105 Å². The molecule has 136 heavy (non-hydrogen) atoms. The van der Waals surface area contributed by atoms with E-state index in [1.54, 1.807) is 91.0 Å². The van der Waals surface area contributed by atoms with Crippen molar-refractivity contribution in [2.75, 3.05) is 7.11 Å². The number of aryl methyl sites for hydroxylation is 4. The van der Waals surface area contributed by atoms with Crippen molar-refractivity contribution in [3.8, 4) is 204 Å². The Labute approximate surface area is 800 Å². The Bertz CT molecular complexity index is 7670. The van der Waals surface area contributed by atoms with Crippen LogP contribution in [0.25, 0.3) is 164 Å². The minimum absolute atomic E-state index is 0.0214. The lowest BCUT2D eigenvalue weighted by Gasteiger charge is -2.08. The van der Waals surface area contributed by atoms with Crippen molar-refractivity contribution in [2.24, 2.45) is 0 Å². The molecule has 19 aromatic rings. The Balaban J connectivity index is 0.000000129. The molecule has 14 aromatic carbocycles. The van der Waals surface area contributed by atoms with Gasteiger partial charge in [0, 0.05) is 102 Å². The second kappa shape index (κ2) is 41.6. The van der Waals surface area contributed by atoms with Gasteiger partial charge < -0.3 is 65.4 Å². The Kier molecular flexibility index (Phi) is 28.6. The quantitative estimate of drug-likeness (QED) is 0.0155. The number of nitro groups is 2. The number of benzene rings is 14. The summed E-state index contributed by atoms with van der Waals surface area (Å²) in [5.74, 6) is 2.78. The van der Waals surface area contributed by atoms with Gasteiger partial charge in [0.2, 0.25) is 0 Å². The number of aromatic hydroxyl groups is 7. The lowest BCUT2D eigenvalue weighted by atomic mass is 9.99. The minimum atomic E-state index is -0.458. The van der Waals surface area contributed by atoms with E-state index in [2.05, 4.69) is 87.2 Å². The number of aromatic nitrogens is 10. The van der Waals surface area contributed by atoms with Crippen LogP contribution < -0.4 is 4.74 Å². The summed E-state index contributed by atoms with van der Waals surface area (Å²) in [7, 11) is 1.51. The zero-order chi connectivity index (χ0) is 96.1. The first-order valence-electron chi connectivity index (χ1n) is 42.1. The highest BCUT2D eigenvalue weighted by molar-refractivity contribution is 6.44. The second-order valence-electron chi connectivity index (χ2n) is 31.2. The summed E-state index contributed by atoms with van der Waals surface area (Å²) in [5.41, 5.74) is 23.2. The van der Waals surface area contributed by atoms with Crippen LogP contribution >= 0.6 is 46.4 Å². The van der Waals surface area contributed by atoms with Gasteiger partial charge in [-0.2, -0.15) is 0 Å². The number of rotatable bonds is 19. The summed E-state index contributed by atoms with van der Waals surface area (Å²) in [5, 5.41) is 92.6. The fourth-order valence-corrected chi connectivity index (χ4v) is 15.7. The van der Waals surface area contributed by atoms with Crippen LogP contribution in [0.15, 0.2) is 335 Å². The number of non-ortho nitro benzene ring substituents is 2. The highest BCUT2D eigenvalue weighted by atomic mass is 35.5. The molecule has 0 bridgehead atoms. The summed E-state index contributed by atoms with van der Waals surface area (Å²) in [6.07, 6.45) is 1.55. The van der Waals surface area contributed by atoms with E-state index >= 15 is 0 Å². The second-order valence-corrected chi connectivity index (χ2v) is 32.7. The van der Waals surface area contributed by atoms with Crippen LogP contribution in [-0.4, -0.2) is 103 Å². The Hall–Kier alpha value is -17.0. The third-order valence-electron chi connectivity index (χ3n) is 22.0. The maximum absolute atomic E-state index is 11.3. The molecule has 0 atom stereocenters. The van der Waals surface area contributed by atoms with Gasteiger partial charge in [0.1, 0.15) is 40.6 Å². The number of nitrogens with one attached hydrogen (secondary N) is 5. The molecular formula is C108H84Cl4N12O12. The summed E-state index contributed by atoms with van der Waals surface area (Å²) < 4.78 is 5.12. The Morgan fingerprint density at radius 3 is 1.00 bits per heavy atom. The Morgan fingerprint density at radius 1 is 0.331 bits per heavy atom. The lowest BCUT2D eigenvalue weighted by molar-refractivity contribution is -0.385. The van der Waals surface area contributed by atoms with Crippen LogP contribution in [0.2, 0.25) is 20.1 Å². The SMILES string of the molecule is C=CC(=C)c1nc(-c2ccc(O)c(O)c2)[nH]c1-c1cc([N+](=O)[O-])ccc1C.COc1ccc(-c2nc(-c3ccccc3)c(-c3cccc(Cl)c3Cl)[nH]2)cc1O.Cc1ccc(C)c(-c2[nH]c(-c3cccc(O)c3)nc2-c2ccccc2)c1.Cc1ccc([N+](=O)[O-])cc1-c1[nH]c(-c2cccc(O)c2)nc1-c1ccccc1.Oc1ccc(-c2nc(-c3ccccc3)c(-c3cccc(Cl)c3Cl)[nH]2)cc1O. The predicted octanol–water partition coefficient (Wildman–Crippen LogP) is 28.2. The van der Waals surface area contributed by atoms with Gasteiger partial charge in [0.15, 0.2) is 34.5 Å². The average Bonchev–Trinajstić information content (AvgIpc) is 1.68. The fourth-order valence-electron chi connectivity index (χ4n) is 14.9. The van der Waals surface area contributed by atoms with E-state index in [1.807, 2.05) is 172 Å². The summed E-state index contributed by atoms with van der Waals surface area (Å²) in [6.45, 7) is 15.6. The van der Waals surface area contributed by atoms with E-state index in [9.17, 15) is 56.0 Å². The molecular weight excluding hydrogens is 1800 g/mol. The minimum Gasteiger partial charge on any atom is -0.508 e. The molecule has 24 nitrogen and oxygen atoms in total. The zero-order valence-corrected chi connectivity index (χ0v) is 76.4. The number of hydrogen-bond acceptors (Lipinski definition) is 17. The summed E-state index contributed by atoms with van der Waals surface area (Å²) in [4.78, 5) is 61.8. The first kappa shape index (κ1) is 93.6. The zero-order valence-electron chi connectivity index (χ0n) is 73.3. The number of phenols is 7. The molecule has 19 rings (SSSR count). The van der Waals surface area contributed by atoms with E-state index in [-0.39, 0.29) is 51.6 Å². The maximum atomic E-state index is 11.3. The van der Waals surface area contributed by atoms with E-state index < -0.39 is 9.85 Å². The third kappa shape index (κ3) is 21.1. The standard InChI is InChI=1S/C23H20N2O.C22H16Cl2N2O2.C22H17N3O3.C21H14Cl2N2O2.C20H17N3O4/c1-15-11-12-16(2)20(13-15)22-21(17-7-4-3-5-8-17)24-23(25-22)18-9-6-10-19(26)14-18;1-28-18-11-10-14(12-17(18)27)22-25-20(13-6-3-2-4-7-13)21(26-22)15-8-5-9-16(23)19(15)24;1-14-10-11-17(25(27)28)13-19(14)21-20(15-6-3-2-4-7-15)23-22(24-21)16-8-5-9-18(26)12-16;22-15-8-4-7-14(18(15)23)20-19(12-5-2-1-3-6-12)24-21(25-20)13-9-10-16(26)17(27)11-13;1-4-11(2)18-19(15-10-14(23(26)27)7-5-12(15)3)22-20(21-18)13-6-8-16(24)17(25)9-13/h3-14,26H,1-2H3,(H,24,25);2-12,27H,1H3,(H,25,26);2-13,26H,1H3,(H,23,24);1-11,26-27H,(H,24,25);4-10,24-25H,1-2H2,3H3,(H,21,22). The number of allylic oxidation sites excluding steroid dienone is 2. The topological polar surface area (TPSA) is 381 Å². The van der Waals surface area contributed by atoms with Crippen molar-refractivity contribution in [1.82, 2.24) is 49.8 Å². The van der Waals surface area contributed by atoms with Crippen molar-refractivity contribution < 1.29 is 50.3 Å². The van der Waals surface area contributed by atoms with Gasteiger partial charge >= 0.3 is 0 Å². The van der Waals surface area contributed by atoms with Crippen molar-refractivity contribution in [2.45, 2.75) is 27.7 Å².